The molecule has 3 heterocycles. The van der Waals surface area contributed by atoms with Crippen LogP contribution >= 0.6 is 0 Å². The van der Waals surface area contributed by atoms with Gasteiger partial charge in [-0.2, -0.15) is 0 Å². The first-order chi connectivity index (χ1) is 17.5. The number of esters is 1. The smallest absolute Gasteiger partial charge is 0.306 e. The number of carbonyl (C=O) groups excluding carboxylic acids is 2. The zero-order valence-corrected chi connectivity index (χ0v) is 20.1. The predicted molar refractivity (Wildman–Crippen MR) is 128 cm³/mol. The number of carbonyl (C=O) groups is 2. The lowest BCUT2D eigenvalue weighted by Gasteiger charge is -2.27. The summed E-state index contributed by atoms with van der Waals surface area (Å²) >= 11 is 0. The van der Waals surface area contributed by atoms with Gasteiger partial charge in [0.2, 0.25) is 17.4 Å². The van der Waals surface area contributed by atoms with Crippen LogP contribution in [-0.4, -0.2) is 45.2 Å². The highest BCUT2D eigenvalue weighted by molar-refractivity contribution is 6.15. The summed E-state index contributed by atoms with van der Waals surface area (Å²) in [5, 5.41) is 0. The van der Waals surface area contributed by atoms with Crippen LogP contribution in [-0.2, 0) is 9.53 Å². The molecule has 2 aliphatic rings. The Kier molecular flexibility index (Phi) is 5.97. The second kappa shape index (κ2) is 9.26. The van der Waals surface area contributed by atoms with Gasteiger partial charge >= 0.3 is 5.97 Å². The SMILES string of the molecule is COC(=O)CC1c2cccnc2Oc2ccc3c(c21)OC(=Cc1cc(OC)c(OC)c(OC)c1)C3=O. The quantitative estimate of drug-likeness (QED) is 0.365. The molecule has 2 aromatic carbocycles. The summed E-state index contributed by atoms with van der Waals surface area (Å²) in [6.45, 7) is 0. The summed E-state index contributed by atoms with van der Waals surface area (Å²) in [5.74, 6) is 1.49. The van der Waals surface area contributed by atoms with E-state index in [1.54, 1.807) is 42.6 Å². The number of rotatable bonds is 6. The van der Waals surface area contributed by atoms with Crippen molar-refractivity contribution in [2.75, 3.05) is 28.4 Å². The molecule has 1 aromatic heterocycles. The van der Waals surface area contributed by atoms with Crippen LogP contribution < -0.4 is 23.7 Å². The highest BCUT2D eigenvalue weighted by Gasteiger charge is 2.39. The van der Waals surface area contributed by atoms with Gasteiger partial charge in [0.25, 0.3) is 0 Å². The van der Waals surface area contributed by atoms with Crippen LogP contribution in [0, 0.1) is 0 Å². The summed E-state index contributed by atoms with van der Waals surface area (Å²) in [6.07, 6.45) is 3.25. The van der Waals surface area contributed by atoms with E-state index in [1.165, 1.54) is 28.4 Å². The monoisotopic (exact) mass is 489 g/mol. The lowest BCUT2D eigenvalue weighted by atomic mass is 9.85. The Hall–Kier alpha value is -4.53. The van der Waals surface area contributed by atoms with E-state index < -0.39 is 11.9 Å². The Balaban J connectivity index is 1.59. The van der Waals surface area contributed by atoms with E-state index in [-0.39, 0.29) is 18.0 Å². The zero-order valence-electron chi connectivity index (χ0n) is 20.1. The maximum absolute atomic E-state index is 13.3. The Morgan fingerprint density at radius 3 is 2.44 bits per heavy atom. The Morgan fingerprint density at radius 2 is 1.78 bits per heavy atom. The molecule has 0 fully saturated rings. The number of hydrogen-bond acceptors (Lipinski definition) is 9. The van der Waals surface area contributed by atoms with E-state index in [2.05, 4.69) is 4.98 Å². The number of nitrogens with zero attached hydrogens (tertiary/aromatic N) is 1. The van der Waals surface area contributed by atoms with Crippen molar-refractivity contribution in [2.24, 2.45) is 0 Å². The van der Waals surface area contributed by atoms with Crippen LogP contribution in [0.3, 0.4) is 0 Å². The van der Waals surface area contributed by atoms with E-state index >= 15 is 0 Å². The maximum atomic E-state index is 13.3. The molecular formula is C27H23NO8. The molecule has 9 heteroatoms. The number of benzene rings is 2. The van der Waals surface area contributed by atoms with Gasteiger partial charge in [-0.05, 0) is 42.0 Å². The molecule has 0 radical (unpaired) electrons. The number of hydrogen-bond donors (Lipinski definition) is 0. The van der Waals surface area contributed by atoms with Gasteiger partial charge in [-0.3, -0.25) is 9.59 Å². The number of pyridine rings is 1. The second-order valence-electron chi connectivity index (χ2n) is 8.09. The van der Waals surface area contributed by atoms with Gasteiger partial charge in [0.15, 0.2) is 17.3 Å². The number of ketones is 1. The topological polar surface area (TPSA) is 102 Å². The number of ether oxygens (including phenoxy) is 6. The lowest BCUT2D eigenvalue weighted by molar-refractivity contribution is -0.140. The van der Waals surface area contributed by atoms with Crippen molar-refractivity contribution in [1.29, 1.82) is 0 Å². The standard InChI is InChI=1S/C27H23NO8/c1-31-20-11-14(12-21(32-2)26(20)34-4)10-19-24(30)16-7-8-18-23(25(16)35-19)17(13-22(29)33-3)15-6-5-9-28-27(15)36-18/h5-12,17H,13H2,1-4H3. The molecular weight excluding hydrogens is 466 g/mol. The van der Waals surface area contributed by atoms with Crippen LogP contribution in [0.2, 0.25) is 0 Å². The predicted octanol–water partition coefficient (Wildman–Crippen LogP) is 4.52. The van der Waals surface area contributed by atoms with Crippen molar-refractivity contribution < 1.29 is 38.0 Å². The Morgan fingerprint density at radius 1 is 1.03 bits per heavy atom. The van der Waals surface area contributed by atoms with Crippen molar-refractivity contribution in [1.82, 2.24) is 4.98 Å². The van der Waals surface area contributed by atoms with Crippen LogP contribution in [0.25, 0.3) is 6.08 Å². The Labute approximate surface area is 207 Å². The van der Waals surface area contributed by atoms with Gasteiger partial charge in [0.05, 0.1) is 40.4 Å². The van der Waals surface area contributed by atoms with Gasteiger partial charge in [-0.15, -0.1) is 0 Å². The van der Waals surface area contributed by atoms with Crippen molar-refractivity contribution in [2.45, 2.75) is 12.3 Å². The average Bonchev–Trinajstić information content (AvgIpc) is 3.22. The van der Waals surface area contributed by atoms with Gasteiger partial charge in [0, 0.05) is 23.2 Å². The zero-order chi connectivity index (χ0) is 25.4. The summed E-state index contributed by atoms with van der Waals surface area (Å²) in [6, 6.07) is 10.4. The summed E-state index contributed by atoms with van der Waals surface area (Å²) < 4.78 is 33.3. The molecule has 1 unspecified atom stereocenters. The second-order valence-corrected chi connectivity index (χ2v) is 8.09. The maximum Gasteiger partial charge on any atom is 0.306 e. The number of fused-ring (bicyclic) bond motifs is 4. The lowest BCUT2D eigenvalue weighted by Crippen LogP contribution is -2.16. The highest BCUT2D eigenvalue weighted by Crippen LogP contribution is 2.52. The van der Waals surface area contributed by atoms with Gasteiger partial charge in [0.1, 0.15) is 11.5 Å². The molecule has 3 aromatic rings. The molecule has 0 bridgehead atoms. The van der Waals surface area contributed by atoms with Crippen LogP contribution in [0.15, 0.2) is 48.4 Å². The van der Waals surface area contributed by atoms with Crippen LogP contribution in [0.4, 0.5) is 0 Å². The fourth-order valence-corrected chi connectivity index (χ4v) is 4.48. The fourth-order valence-electron chi connectivity index (χ4n) is 4.48. The van der Waals surface area contributed by atoms with E-state index in [1.807, 2.05) is 6.07 Å². The number of Topliss-reactive ketones (excluding diaryl/α,β-unsaturated/α-hetero) is 1. The van der Waals surface area contributed by atoms with Crippen molar-refractivity contribution in [3.05, 3.63) is 70.6 Å². The highest BCUT2D eigenvalue weighted by atomic mass is 16.5. The molecule has 5 rings (SSSR count). The summed E-state index contributed by atoms with van der Waals surface area (Å²) in [7, 11) is 5.88. The molecule has 36 heavy (non-hydrogen) atoms. The third kappa shape index (κ3) is 3.78. The number of methoxy groups -OCH3 is 4. The minimum absolute atomic E-state index is 0.0332. The van der Waals surface area contributed by atoms with Crippen LogP contribution in [0.1, 0.15) is 39.4 Å². The van der Waals surface area contributed by atoms with Crippen molar-refractivity contribution >= 4 is 17.8 Å². The van der Waals surface area contributed by atoms with Crippen molar-refractivity contribution in [3.8, 4) is 34.6 Å². The van der Waals surface area contributed by atoms with E-state index in [9.17, 15) is 9.59 Å². The van der Waals surface area contributed by atoms with Gasteiger partial charge in [-0.25, -0.2) is 4.98 Å². The fraction of sp³-hybridized carbons (Fsp3) is 0.222. The molecule has 0 saturated heterocycles. The molecule has 0 saturated carbocycles. The molecule has 0 N–H and O–H groups in total. The van der Waals surface area contributed by atoms with Crippen LogP contribution in [0.5, 0.6) is 34.6 Å². The van der Waals surface area contributed by atoms with E-state index in [0.717, 1.165) is 0 Å². The molecule has 0 spiro atoms. The Bertz CT molecular complexity index is 1390. The molecule has 2 aliphatic heterocycles. The molecule has 9 nitrogen and oxygen atoms in total. The third-order valence-electron chi connectivity index (χ3n) is 6.15. The van der Waals surface area contributed by atoms with Gasteiger partial charge in [-0.1, -0.05) is 6.07 Å². The number of allylic oxidation sites excluding steroid dienone is 1. The minimum Gasteiger partial charge on any atom is -0.493 e. The van der Waals surface area contributed by atoms with E-state index in [4.69, 9.17) is 28.4 Å². The molecule has 0 amide bonds. The first-order valence-electron chi connectivity index (χ1n) is 11.1. The summed E-state index contributed by atoms with van der Waals surface area (Å²) in [5.41, 5.74) is 2.30. The van der Waals surface area contributed by atoms with E-state index in [0.29, 0.717) is 56.9 Å². The number of aromatic nitrogens is 1. The first-order valence-corrected chi connectivity index (χ1v) is 11.1. The van der Waals surface area contributed by atoms with Crippen molar-refractivity contribution in [3.63, 3.8) is 0 Å². The molecule has 1 atom stereocenters. The third-order valence-corrected chi connectivity index (χ3v) is 6.15. The minimum atomic E-state index is -0.465. The largest absolute Gasteiger partial charge is 0.493 e. The average molecular weight is 489 g/mol. The first kappa shape index (κ1) is 23.2. The molecule has 0 aliphatic carbocycles. The normalized spacial score (nSPS) is 16.3. The molecule has 184 valence electrons. The van der Waals surface area contributed by atoms with Gasteiger partial charge < -0.3 is 28.4 Å². The summed E-state index contributed by atoms with van der Waals surface area (Å²) in [4.78, 5) is 29.9.